The molecule has 0 saturated heterocycles. The molecule has 1 amide bonds. The fraction of sp³-hybridized carbons (Fsp3) is 0.316. The number of amides is 1. The molecule has 0 heterocycles. The molecule has 0 fully saturated rings. The highest BCUT2D eigenvalue weighted by molar-refractivity contribution is 7.92. The highest BCUT2D eigenvalue weighted by atomic mass is 32.2. The number of hydrogen-bond acceptors (Lipinski definition) is 3. The van der Waals surface area contributed by atoms with E-state index >= 15 is 0 Å². The summed E-state index contributed by atoms with van der Waals surface area (Å²) in [6.45, 7) is 5.58. The number of carbonyl (C=O) groups excluding carboxylic acids is 1. The van der Waals surface area contributed by atoms with E-state index in [2.05, 4.69) is 5.32 Å². The summed E-state index contributed by atoms with van der Waals surface area (Å²) in [7, 11) is -3.58. The quantitative estimate of drug-likeness (QED) is 0.860. The van der Waals surface area contributed by atoms with E-state index in [9.17, 15) is 13.2 Å². The molecule has 0 aliphatic carbocycles. The third-order valence-electron chi connectivity index (χ3n) is 3.98. The minimum atomic E-state index is -3.58. The van der Waals surface area contributed by atoms with E-state index in [4.69, 9.17) is 0 Å². The standard InChI is InChI=1S/C19H24N2O3S/c1-5-16-8-6-7-9-18(16)21(25(4,23)24)13-19(22)20-17-11-10-14(2)12-15(17)3/h6-12H,5,13H2,1-4H3,(H,20,22). The minimum Gasteiger partial charge on any atom is -0.324 e. The van der Waals surface area contributed by atoms with Gasteiger partial charge >= 0.3 is 0 Å². The average molecular weight is 360 g/mol. The van der Waals surface area contributed by atoms with Crippen LogP contribution in [0.3, 0.4) is 0 Å². The van der Waals surface area contributed by atoms with E-state index in [1.165, 1.54) is 0 Å². The van der Waals surface area contributed by atoms with Gasteiger partial charge in [0, 0.05) is 5.69 Å². The molecule has 25 heavy (non-hydrogen) atoms. The Morgan fingerprint density at radius 1 is 1.12 bits per heavy atom. The van der Waals surface area contributed by atoms with Crippen LogP contribution in [0.2, 0.25) is 0 Å². The second-order valence-electron chi connectivity index (χ2n) is 6.12. The first-order valence-electron chi connectivity index (χ1n) is 8.15. The molecule has 0 radical (unpaired) electrons. The Hall–Kier alpha value is -2.34. The molecule has 5 nitrogen and oxygen atoms in total. The molecule has 0 saturated carbocycles. The molecule has 0 unspecified atom stereocenters. The molecule has 134 valence electrons. The predicted octanol–water partition coefficient (Wildman–Crippen LogP) is 3.27. The van der Waals surface area contributed by atoms with E-state index in [1.807, 2.05) is 51.1 Å². The van der Waals surface area contributed by atoms with Crippen LogP contribution >= 0.6 is 0 Å². The van der Waals surface area contributed by atoms with Crippen LogP contribution in [0, 0.1) is 13.8 Å². The molecule has 2 aromatic rings. The first-order chi connectivity index (χ1) is 11.7. The smallest absolute Gasteiger partial charge is 0.245 e. The van der Waals surface area contributed by atoms with Crippen LogP contribution in [0.5, 0.6) is 0 Å². The number of nitrogens with zero attached hydrogens (tertiary/aromatic N) is 1. The lowest BCUT2D eigenvalue weighted by Crippen LogP contribution is -2.38. The highest BCUT2D eigenvalue weighted by Gasteiger charge is 2.22. The Bertz CT molecular complexity index is 876. The van der Waals surface area contributed by atoms with Crippen LogP contribution in [-0.2, 0) is 21.2 Å². The van der Waals surface area contributed by atoms with Gasteiger partial charge in [-0.15, -0.1) is 0 Å². The Labute approximate surface area is 149 Å². The number of hydrogen-bond donors (Lipinski definition) is 1. The summed E-state index contributed by atoms with van der Waals surface area (Å²) in [5.74, 6) is -0.372. The Balaban J connectivity index is 2.27. The van der Waals surface area contributed by atoms with Crippen molar-refractivity contribution in [2.75, 3.05) is 22.4 Å². The zero-order valence-corrected chi connectivity index (χ0v) is 15.9. The lowest BCUT2D eigenvalue weighted by Gasteiger charge is -2.24. The van der Waals surface area contributed by atoms with Crippen LogP contribution in [0.4, 0.5) is 11.4 Å². The first-order valence-corrected chi connectivity index (χ1v) is 10.00. The normalized spacial score (nSPS) is 11.2. The van der Waals surface area contributed by atoms with Crippen molar-refractivity contribution in [3.8, 4) is 0 Å². The van der Waals surface area contributed by atoms with E-state index in [0.717, 1.165) is 27.3 Å². The van der Waals surface area contributed by atoms with E-state index < -0.39 is 10.0 Å². The van der Waals surface area contributed by atoms with Gasteiger partial charge in [0.15, 0.2) is 0 Å². The van der Waals surface area contributed by atoms with Crippen molar-refractivity contribution in [3.63, 3.8) is 0 Å². The average Bonchev–Trinajstić information content (AvgIpc) is 2.54. The van der Waals surface area contributed by atoms with Gasteiger partial charge < -0.3 is 5.32 Å². The van der Waals surface area contributed by atoms with E-state index in [1.54, 1.807) is 12.1 Å². The number of sulfonamides is 1. The molecule has 1 N–H and O–H groups in total. The first kappa shape index (κ1) is 19.0. The predicted molar refractivity (Wildman–Crippen MR) is 103 cm³/mol. The van der Waals surface area contributed by atoms with Gasteiger partial charge in [-0.05, 0) is 43.5 Å². The van der Waals surface area contributed by atoms with Crippen molar-refractivity contribution < 1.29 is 13.2 Å². The maximum atomic E-state index is 12.5. The van der Waals surface area contributed by atoms with Crippen molar-refractivity contribution in [2.45, 2.75) is 27.2 Å². The monoisotopic (exact) mass is 360 g/mol. The Kier molecular flexibility index (Phi) is 5.85. The largest absolute Gasteiger partial charge is 0.324 e. The van der Waals surface area contributed by atoms with E-state index in [-0.39, 0.29) is 12.5 Å². The third kappa shape index (κ3) is 4.82. The second-order valence-corrected chi connectivity index (χ2v) is 8.03. The van der Waals surface area contributed by atoms with Crippen molar-refractivity contribution in [1.82, 2.24) is 0 Å². The lowest BCUT2D eigenvalue weighted by atomic mass is 10.1. The zero-order chi connectivity index (χ0) is 18.6. The summed E-state index contributed by atoms with van der Waals surface area (Å²) in [6.07, 6.45) is 1.80. The van der Waals surface area contributed by atoms with Crippen LogP contribution < -0.4 is 9.62 Å². The van der Waals surface area contributed by atoms with Crippen LogP contribution in [0.1, 0.15) is 23.6 Å². The molecule has 0 spiro atoms. The number of nitrogens with one attached hydrogen (secondary N) is 1. The number of aryl methyl sites for hydroxylation is 3. The third-order valence-corrected chi connectivity index (χ3v) is 5.11. The molecule has 2 rings (SSSR count). The van der Waals surface area contributed by atoms with Crippen LogP contribution in [-0.4, -0.2) is 27.1 Å². The topological polar surface area (TPSA) is 66.5 Å². The van der Waals surface area contributed by atoms with Crippen molar-refractivity contribution >= 4 is 27.3 Å². The summed E-state index contributed by atoms with van der Waals surface area (Å²) < 4.78 is 25.6. The van der Waals surface area contributed by atoms with Gasteiger partial charge in [0.05, 0.1) is 11.9 Å². The van der Waals surface area contributed by atoms with Gasteiger partial charge in [-0.2, -0.15) is 0 Å². The number of carbonyl (C=O) groups is 1. The Morgan fingerprint density at radius 2 is 1.80 bits per heavy atom. The minimum absolute atomic E-state index is 0.261. The van der Waals surface area contributed by atoms with Crippen LogP contribution in [0.25, 0.3) is 0 Å². The number of benzene rings is 2. The molecule has 0 atom stereocenters. The van der Waals surface area contributed by atoms with Gasteiger partial charge in [0.2, 0.25) is 15.9 Å². The maximum Gasteiger partial charge on any atom is 0.245 e. The summed E-state index contributed by atoms with van der Waals surface area (Å²) in [5.41, 5.74) is 4.15. The molecular formula is C19H24N2O3S. The van der Waals surface area contributed by atoms with Crippen molar-refractivity contribution in [3.05, 3.63) is 59.2 Å². The molecule has 0 aromatic heterocycles. The maximum absolute atomic E-state index is 12.5. The van der Waals surface area contributed by atoms with E-state index in [0.29, 0.717) is 17.8 Å². The molecule has 0 bridgehead atoms. The molecule has 0 aliphatic rings. The number of anilines is 2. The lowest BCUT2D eigenvalue weighted by molar-refractivity contribution is -0.114. The second kappa shape index (κ2) is 7.70. The fourth-order valence-corrected chi connectivity index (χ4v) is 3.60. The summed E-state index contributed by atoms with van der Waals surface area (Å²) in [4.78, 5) is 12.5. The molecular weight excluding hydrogens is 336 g/mol. The van der Waals surface area contributed by atoms with Gasteiger partial charge in [-0.3, -0.25) is 9.10 Å². The van der Waals surface area contributed by atoms with Gasteiger partial charge in [0.25, 0.3) is 0 Å². The van der Waals surface area contributed by atoms with Crippen molar-refractivity contribution in [2.24, 2.45) is 0 Å². The molecule has 6 heteroatoms. The number of para-hydroxylation sites is 1. The number of rotatable bonds is 6. The summed E-state index contributed by atoms with van der Waals surface area (Å²) in [6, 6.07) is 12.9. The molecule has 0 aliphatic heterocycles. The van der Waals surface area contributed by atoms with Gasteiger partial charge in [0.1, 0.15) is 6.54 Å². The summed E-state index contributed by atoms with van der Waals surface area (Å²) >= 11 is 0. The van der Waals surface area contributed by atoms with Gasteiger partial charge in [-0.25, -0.2) is 8.42 Å². The molecule has 2 aromatic carbocycles. The zero-order valence-electron chi connectivity index (χ0n) is 15.0. The fourth-order valence-electron chi connectivity index (χ4n) is 2.71. The highest BCUT2D eigenvalue weighted by Crippen LogP contribution is 2.23. The summed E-state index contributed by atoms with van der Waals surface area (Å²) in [5, 5.41) is 2.80. The Morgan fingerprint density at radius 3 is 2.40 bits per heavy atom. The SMILES string of the molecule is CCc1ccccc1N(CC(=O)Nc1ccc(C)cc1C)S(C)(=O)=O. The van der Waals surface area contributed by atoms with Gasteiger partial charge in [-0.1, -0.05) is 42.8 Å². The van der Waals surface area contributed by atoms with Crippen LogP contribution in [0.15, 0.2) is 42.5 Å². The van der Waals surface area contributed by atoms with Crippen molar-refractivity contribution in [1.29, 1.82) is 0 Å².